The number of nitrogens with zero attached hydrogens (tertiary/aromatic N) is 2. The van der Waals surface area contributed by atoms with Crippen molar-refractivity contribution >= 4 is 24.2 Å². The van der Waals surface area contributed by atoms with Crippen LogP contribution in [-0.2, 0) is 9.53 Å². The highest BCUT2D eigenvalue weighted by molar-refractivity contribution is 5.94. The Morgan fingerprint density at radius 3 is 2.56 bits per heavy atom. The third-order valence-electron chi connectivity index (χ3n) is 4.40. The van der Waals surface area contributed by atoms with Crippen LogP contribution in [0.25, 0.3) is 0 Å². The van der Waals surface area contributed by atoms with Gasteiger partial charge in [-0.3, -0.25) is 9.59 Å². The minimum atomic E-state index is -0.403. The number of methoxy groups -OCH3 is 1. The average Bonchev–Trinajstić information content (AvgIpc) is 2.67. The summed E-state index contributed by atoms with van der Waals surface area (Å²) in [4.78, 5) is 28.6. The predicted octanol–water partition coefficient (Wildman–Crippen LogP) is 0.390. The number of hydrogen-bond donors (Lipinski definition) is 1. The Bertz CT molecular complexity index is 599. The maximum absolute atomic E-state index is 12.6. The highest BCUT2D eigenvalue weighted by Gasteiger charge is 2.30. The summed E-state index contributed by atoms with van der Waals surface area (Å²) in [6, 6.07) is 7.14. The minimum absolute atomic E-state index is 0. The normalized spacial score (nSPS) is 20.6. The van der Waals surface area contributed by atoms with Crippen molar-refractivity contribution in [1.82, 2.24) is 15.1 Å². The summed E-state index contributed by atoms with van der Waals surface area (Å²) in [5.41, 5.74) is 0.606. The summed E-state index contributed by atoms with van der Waals surface area (Å²) >= 11 is 0. The molecule has 0 bridgehead atoms. The molecule has 2 heterocycles. The Hall–Kier alpha value is -1.83. The smallest absolute Gasteiger partial charge is 0.254 e. The first kappa shape index (κ1) is 19.5. The van der Waals surface area contributed by atoms with Crippen LogP contribution < -0.4 is 10.1 Å². The summed E-state index contributed by atoms with van der Waals surface area (Å²) in [6.07, 6.45) is -0.403. The van der Waals surface area contributed by atoms with Crippen molar-refractivity contribution in [2.24, 2.45) is 0 Å². The summed E-state index contributed by atoms with van der Waals surface area (Å²) < 4.78 is 10.7. The maximum Gasteiger partial charge on any atom is 0.254 e. The van der Waals surface area contributed by atoms with Gasteiger partial charge in [0, 0.05) is 44.8 Å². The fourth-order valence-electron chi connectivity index (χ4n) is 3.00. The molecule has 8 heteroatoms. The largest absolute Gasteiger partial charge is 0.497 e. The van der Waals surface area contributed by atoms with E-state index in [0.717, 1.165) is 6.54 Å². The molecule has 2 aliphatic rings. The number of amides is 2. The number of carbonyl (C=O) groups excluding carboxylic acids is 2. The second-order valence-electron chi connectivity index (χ2n) is 5.91. The van der Waals surface area contributed by atoms with Crippen LogP contribution in [0.4, 0.5) is 0 Å². The van der Waals surface area contributed by atoms with Gasteiger partial charge in [0.25, 0.3) is 11.8 Å². The van der Waals surface area contributed by atoms with Gasteiger partial charge < -0.3 is 24.6 Å². The van der Waals surface area contributed by atoms with Crippen LogP contribution in [0.5, 0.6) is 5.75 Å². The van der Waals surface area contributed by atoms with Gasteiger partial charge >= 0.3 is 0 Å². The second-order valence-corrected chi connectivity index (χ2v) is 5.91. The molecule has 0 spiro atoms. The lowest BCUT2D eigenvalue weighted by molar-refractivity contribution is -0.146. The molecule has 7 nitrogen and oxygen atoms in total. The van der Waals surface area contributed by atoms with Gasteiger partial charge in [-0.25, -0.2) is 0 Å². The van der Waals surface area contributed by atoms with E-state index in [4.69, 9.17) is 9.47 Å². The topological polar surface area (TPSA) is 71.1 Å². The molecule has 1 unspecified atom stereocenters. The highest BCUT2D eigenvalue weighted by Crippen LogP contribution is 2.16. The molecule has 2 saturated heterocycles. The molecular weight excluding hydrogens is 346 g/mol. The zero-order valence-electron chi connectivity index (χ0n) is 14.3. The highest BCUT2D eigenvalue weighted by atomic mass is 35.5. The minimum Gasteiger partial charge on any atom is -0.497 e. The molecule has 1 aromatic rings. The van der Waals surface area contributed by atoms with Crippen molar-refractivity contribution in [2.75, 3.05) is 53.0 Å². The number of halogens is 1. The zero-order chi connectivity index (χ0) is 16.9. The number of nitrogens with one attached hydrogen (secondary N) is 1. The van der Waals surface area contributed by atoms with E-state index in [2.05, 4.69) is 5.32 Å². The molecule has 3 rings (SSSR count). The molecule has 1 atom stereocenters. The molecule has 1 aromatic carbocycles. The molecule has 0 radical (unpaired) electrons. The van der Waals surface area contributed by atoms with E-state index in [9.17, 15) is 9.59 Å². The van der Waals surface area contributed by atoms with Gasteiger partial charge in [0.1, 0.15) is 11.9 Å². The van der Waals surface area contributed by atoms with Gasteiger partial charge in [-0.2, -0.15) is 0 Å². The first-order chi connectivity index (χ1) is 11.7. The molecular formula is C17H24ClN3O4. The van der Waals surface area contributed by atoms with E-state index >= 15 is 0 Å². The van der Waals surface area contributed by atoms with E-state index in [1.807, 2.05) is 6.07 Å². The van der Waals surface area contributed by atoms with Gasteiger partial charge in [-0.1, -0.05) is 6.07 Å². The number of ether oxygens (including phenoxy) is 2. The number of morpholine rings is 1. The second kappa shape index (κ2) is 9.03. The standard InChI is InChI=1S/C17H23N3O4.ClH/c1-23-14-4-2-3-13(11-14)16(21)19-6-8-20(9-7-19)17(22)15-12-18-5-10-24-15;/h2-4,11,15,18H,5-10,12H2,1H3;1H. The average molecular weight is 370 g/mol. The SMILES string of the molecule is COc1cccc(C(=O)N2CCN(C(=O)C3CNCCO3)CC2)c1.Cl. The van der Waals surface area contributed by atoms with Crippen molar-refractivity contribution in [3.05, 3.63) is 29.8 Å². The van der Waals surface area contributed by atoms with Crippen LogP contribution in [0, 0.1) is 0 Å². The van der Waals surface area contributed by atoms with Crippen molar-refractivity contribution < 1.29 is 19.1 Å². The summed E-state index contributed by atoms with van der Waals surface area (Å²) in [5, 5.41) is 3.17. The van der Waals surface area contributed by atoms with E-state index in [-0.39, 0.29) is 24.2 Å². The fourth-order valence-corrected chi connectivity index (χ4v) is 3.00. The number of hydrogen-bond acceptors (Lipinski definition) is 5. The molecule has 25 heavy (non-hydrogen) atoms. The van der Waals surface area contributed by atoms with Crippen LogP contribution in [0.2, 0.25) is 0 Å². The Morgan fingerprint density at radius 1 is 1.20 bits per heavy atom. The molecule has 0 saturated carbocycles. The van der Waals surface area contributed by atoms with Crippen molar-refractivity contribution in [3.8, 4) is 5.75 Å². The summed E-state index contributed by atoms with van der Waals surface area (Å²) in [5.74, 6) is 0.642. The van der Waals surface area contributed by atoms with E-state index in [1.165, 1.54) is 0 Å². The van der Waals surface area contributed by atoms with Crippen LogP contribution in [0.15, 0.2) is 24.3 Å². The van der Waals surface area contributed by atoms with Gasteiger partial charge in [0.15, 0.2) is 0 Å². The summed E-state index contributed by atoms with van der Waals surface area (Å²) in [7, 11) is 1.58. The number of carbonyl (C=O) groups is 2. The molecule has 0 aromatic heterocycles. The van der Waals surface area contributed by atoms with Crippen LogP contribution in [0.3, 0.4) is 0 Å². The lowest BCUT2D eigenvalue weighted by Crippen LogP contribution is -2.56. The first-order valence-electron chi connectivity index (χ1n) is 8.23. The monoisotopic (exact) mass is 369 g/mol. The maximum atomic E-state index is 12.6. The fraction of sp³-hybridized carbons (Fsp3) is 0.529. The van der Waals surface area contributed by atoms with Crippen LogP contribution >= 0.6 is 12.4 Å². The predicted molar refractivity (Wildman–Crippen MR) is 95.3 cm³/mol. The van der Waals surface area contributed by atoms with Gasteiger partial charge in [0.05, 0.1) is 13.7 Å². The van der Waals surface area contributed by atoms with Crippen molar-refractivity contribution in [3.63, 3.8) is 0 Å². The Labute approximate surface area is 153 Å². The first-order valence-corrected chi connectivity index (χ1v) is 8.23. The number of piperazine rings is 1. The Balaban J connectivity index is 0.00000225. The van der Waals surface area contributed by atoms with Gasteiger partial charge in [-0.05, 0) is 18.2 Å². The third kappa shape index (κ3) is 4.62. The quantitative estimate of drug-likeness (QED) is 0.834. The summed E-state index contributed by atoms with van der Waals surface area (Å²) in [6.45, 7) is 4.03. The molecule has 0 aliphatic carbocycles. The van der Waals surface area contributed by atoms with Crippen LogP contribution in [-0.4, -0.2) is 80.7 Å². The van der Waals surface area contributed by atoms with Crippen LogP contribution in [0.1, 0.15) is 10.4 Å². The van der Waals surface area contributed by atoms with E-state index < -0.39 is 6.10 Å². The van der Waals surface area contributed by atoms with E-state index in [1.54, 1.807) is 35.1 Å². The molecule has 138 valence electrons. The van der Waals surface area contributed by atoms with E-state index in [0.29, 0.717) is 50.6 Å². The third-order valence-corrected chi connectivity index (χ3v) is 4.40. The lowest BCUT2D eigenvalue weighted by Gasteiger charge is -2.37. The van der Waals surface area contributed by atoms with Gasteiger partial charge in [0.2, 0.25) is 0 Å². The van der Waals surface area contributed by atoms with Gasteiger partial charge in [-0.15, -0.1) is 12.4 Å². The number of rotatable bonds is 3. The lowest BCUT2D eigenvalue weighted by atomic mass is 10.1. The molecule has 2 aliphatic heterocycles. The zero-order valence-corrected chi connectivity index (χ0v) is 15.1. The molecule has 2 amide bonds. The van der Waals surface area contributed by atoms with Crippen molar-refractivity contribution in [1.29, 1.82) is 0 Å². The molecule has 2 fully saturated rings. The Kier molecular flexibility index (Phi) is 7.04. The van der Waals surface area contributed by atoms with Crippen molar-refractivity contribution in [2.45, 2.75) is 6.10 Å². The molecule has 1 N–H and O–H groups in total. The number of benzene rings is 1. The Morgan fingerprint density at radius 2 is 1.92 bits per heavy atom.